The molecule has 0 aliphatic rings. The van der Waals surface area contributed by atoms with E-state index in [0.717, 1.165) is 24.2 Å². The van der Waals surface area contributed by atoms with Crippen molar-refractivity contribution >= 4 is 17.7 Å². The molecule has 0 fully saturated rings. The van der Waals surface area contributed by atoms with Crippen molar-refractivity contribution in [3.63, 3.8) is 0 Å². The average Bonchev–Trinajstić information content (AvgIpc) is 2.84. The van der Waals surface area contributed by atoms with Crippen molar-refractivity contribution in [2.24, 2.45) is 5.92 Å². The van der Waals surface area contributed by atoms with Gasteiger partial charge in [-0.2, -0.15) is 0 Å². The number of carbonyl (C=O) groups excluding carboxylic acids is 1. The predicted octanol–water partition coefficient (Wildman–Crippen LogP) is 5.08. The van der Waals surface area contributed by atoms with Crippen LogP contribution in [0.3, 0.4) is 0 Å². The smallest absolute Gasteiger partial charge is 0.333 e. The lowest BCUT2D eigenvalue weighted by Crippen LogP contribution is -2.38. The summed E-state index contributed by atoms with van der Waals surface area (Å²) in [6.45, 7) is 7.87. The van der Waals surface area contributed by atoms with Gasteiger partial charge in [0.2, 0.25) is 0 Å². The van der Waals surface area contributed by atoms with Gasteiger partial charge in [-0.3, -0.25) is 0 Å². The molecule has 2 aromatic rings. The maximum Gasteiger partial charge on any atom is 0.333 e. The molecule has 35 heavy (non-hydrogen) atoms. The van der Waals surface area contributed by atoms with Crippen molar-refractivity contribution in [1.82, 2.24) is 4.90 Å². The highest BCUT2D eigenvalue weighted by Gasteiger charge is 2.18. The highest BCUT2D eigenvalue weighted by Crippen LogP contribution is 2.17. The molecule has 0 saturated carbocycles. The highest BCUT2D eigenvalue weighted by molar-refractivity contribution is 5.89. The summed E-state index contributed by atoms with van der Waals surface area (Å²) in [6.07, 6.45) is 1.37. The molecule has 0 saturated heterocycles. The molecule has 1 atom stereocenters. The Kier molecular flexibility index (Phi) is 11.9. The van der Waals surface area contributed by atoms with E-state index in [9.17, 15) is 14.7 Å². The largest absolute Gasteiger partial charge is 0.497 e. The molecule has 8 heteroatoms. The summed E-state index contributed by atoms with van der Waals surface area (Å²) in [4.78, 5) is 26.0. The van der Waals surface area contributed by atoms with Crippen molar-refractivity contribution in [3.05, 3.63) is 54.1 Å². The fraction of sp³-hybridized carbons (Fsp3) is 0.481. The van der Waals surface area contributed by atoms with Gasteiger partial charge in [-0.1, -0.05) is 26.0 Å². The first-order valence-corrected chi connectivity index (χ1v) is 12.1. The third-order valence-electron chi connectivity index (χ3n) is 5.46. The molecule has 0 aromatic heterocycles. The van der Waals surface area contributed by atoms with Crippen LogP contribution < -0.4 is 14.8 Å². The number of nitrogens with one attached hydrogen (secondary N) is 1. The Hall–Kier alpha value is -3.26. The van der Waals surface area contributed by atoms with E-state index in [0.29, 0.717) is 50.1 Å². The number of anilines is 1. The van der Waals surface area contributed by atoms with E-state index in [2.05, 4.69) is 19.2 Å². The third kappa shape index (κ3) is 10.3. The molecule has 2 aromatic carbocycles. The van der Waals surface area contributed by atoms with Gasteiger partial charge in [-0.05, 0) is 67.6 Å². The maximum atomic E-state index is 12.9. The van der Waals surface area contributed by atoms with Crippen LogP contribution in [0.2, 0.25) is 0 Å². The van der Waals surface area contributed by atoms with E-state index in [1.54, 1.807) is 43.2 Å². The zero-order valence-corrected chi connectivity index (χ0v) is 21.2. The third-order valence-corrected chi connectivity index (χ3v) is 5.46. The fourth-order valence-electron chi connectivity index (χ4n) is 3.51. The first-order chi connectivity index (χ1) is 16.8. The van der Waals surface area contributed by atoms with Gasteiger partial charge in [0.1, 0.15) is 18.1 Å². The zero-order chi connectivity index (χ0) is 25.6. The molecule has 1 unspecified atom stereocenters. The Morgan fingerprint density at radius 3 is 2.23 bits per heavy atom. The van der Waals surface area contributed by atoms with Gasteiger partial charge in [-0.15, -0.1) is 0 Å². The van der Waals surface area contributed by atoms with Crippen LogP contribution in [0.4, 0.5) is 10.5 Å². The standard InChI is InChI=1S/C27H38N2O6/c1-5-34-25(26(30)31)19-21-8-12-24(13-9-21)35-18-17-29(16-6-7-20(2)3)27(32)28-22-10-14-23(33-4)15-11-22/h8-15,20,25H,5-7,16-19H2,1-4H3,(H,28,32)(H,30,31). The Bertz CT molecular complexity index is 899. The minimum Gasteiger partial charge on any atom is -0.497 e. The quantitative estimate of drug-likeness (QED) is 0.365. The van der Waals surface area contributed by atoms with Crippen LogP contribution >= 0.6 is 0 Å². The number of nitrogens with zero attached hydrogens (tertiary/aromatic N) is 1. The number of methoxy groups -OCH3 is 1. The average molecular weight is 487 g/mol. The molecule has 0 spiro atoms. The van der Waals surface area contributed by atoms with Crippen LogP contribution in [0.1, 0.15) is 39.2 Å². The Labute approximate surface area is 208 Å². The lowest BCUT2D eigenvalue weighted by Gasteiger charge is -2.24. The summed E-state index contributed by atoms with van der Waals surface area (Å²) in [6, 6.07) is 14.3. The summed E-state index contributed by atoms with van der Waals surface area (Å²) >= 11 is 0. The summed E-state index contributed by atoms with van der Waals surface area (Å²) in [5, 5.41) is 12.2. The van der Waals surface area contributed by atoms with Gasteiger partial charge in [0.05, 0.1) is 13.7 Å². The lowest BCUT2D eigenvalue weighted by molar-refractivity contribution is -0.149. The van der Waals surface area contributed by atoms with Crippen molar-refractivity contribution in [2.75, 3.05) is 38.7 Å². The monoisotopic (exact) mass is 486 g/mol. The van der Waals surface area contributed by atoms with Gasteiger partial charge >= 0.3 is 12.0 Å². The minimum absolute atomic E-state index is 0.173. The number of hydrogen-bond acceptors (Lipinski definition) is 5. The van der Waals surface area contributed by atoms with Crippen molar-refractivity contribution in [3.8, 4) is 11.5 Å². The molecule has 2 N–H and O–H groups in total. The molecule has 192 valence electrons. The fourth-order valence-corrected chi connectivity index (χ4v) is 3.51. The van der Waals surface area contributed by atoms with Crippen LogP contribution in [0.5, 0.6) is 11.5 Å². The molecule has 0 aliphatic heterocycles. The molecule has 2 rings (SSSR count). The van der Waals surface area contributed by atoms with Gasteiger partial charge in [-0.25, -0.2) is 9.59 Å². The van der Waals surface area contributed by atoms with E-state index < -0.39 is 12.1 Å². The summed E-state index contributed by atoms with van der Waals surface area (Å²) in [5.74, 6) is 0.986. The topological polar surface area (TPSA) is 97.3 Å². The number of carbonyl (C=O) groups is 2. The number of aliphatic carboxylic acids is 1. The Morgan fingerprint density at radius 2 is 1.66 bits per heavy atom. The van der Waals surface area contributed by atoms with Gasteiger partial charge in [0, 0.05) is 25.3 Å². The molecule has 0 heterocycles. The Balaban J connectivity index is 1.91. The van der Waals surface area contributed by atoms with E-state index in [-0.39, 0.29) is 6.03 Å². The number of ether oxygens (including phenoxy) is 3. The SMILES string of the molecule is CCOC(Cc1ccc(OCCN(CCCC(C)C)C(=O)Nc2ccc(OC)cc2)cc1)C(=O)O. The number of carboxylic acid groups (broad SMARTS) is 1. The second-order valence-corrected chi connectivity index (χ2v) is 8.66. The number of amides is 2. The minimum atomic E-state index is -0.974. The number of benzene rings is 2. The first kappa shape index (κ1) is 28.0. The molecular formula is C27H38N2O6. The molecular weight excluding hydrogens is 448 g/mol. The summed E-state index contributed by atoms with van der Waals surface area (Å²) < 4.78 is 16.3. The van der Waals surface area contributed by atoms with Gasteiger partial charge in [0.25, 0.3) is 0 Å². The van der Waals surface area contributed by atoms with Crippen LogP contribution in [-0.2, 0) is 16.0 Å². The predicted molar refractivity (Wildman–Crippen MR) is 136 cm³/mol. The maximum absolute atomic E-state index is 12.9. The molecule has 0 aliphatic carbocycles. The first-order valence-electron chi connectivity index (χ1n) is 12.1. The second-order valence-electron chi connectivity index (χ2n) is 8.66. The highest BCUT2D eigenvalue weighted by atomic mass is 16.5. The van der Waals surface area contributed by atoms with Crippen LogP contribution in [0.25, 0.3) is 0 Å². The van der Waals surface area contributed by atoms with Gasteiger partial charge in [0.15, 0.2) is 6.10 Å². The van der Waals surface area contributed by atoms with E-state index in [1.165, 1.54) is 0 Å². The van der Waals surface area contributed by atoms with Crippen LogP contribution in [0, 0.1) is 5.92 Å². The molecule has 0 bridgehead atoms. The van der Waals surface area contributed by atoms with Crippen molar-refractivity contribution < 1.29 is 28.9 Å². The Morgan fingerprint density at radius 1 is 1.00 bits per heavy atom. The van der Waals surface area contributed by atoms with Crippen molar-refractivity contribution in [2.45, 2.75) is 46.1 Å². The number of hydrogen-bond donors (Lipinski definition) is 2. The number of urea groups is 1. The van der Waals surface area contributed by atoms with Crippen LogP contribution in [-0.4, -0.2) is 61.5 Å². The van der Waals surface area contributed by atoms with Gasteiger partial charge < -0.3 is 29.5 Å². The van der Waals surface area contributed by atoms with Crippen LogP contribution in [0.15, 0.2) is 48.5 Å². The number of rotatable bonds is 15. The molecule has 8 nitrogen and oxygen atoms in total. The lowest BCUT2D eigenvalue weighted by atomic mass is 10.1. The van der Waals surface area contributed by atoms with E-state index in [4.69, 9.17) is 14.2 Å². The van der Waals surface area contributed by atoms with E-state index in [1.807, 2.05) is 24.3 Å². The molecule has 0 radical (unpaired) electrons. The summed E-state index contributed by atoms with van der Waals surface area (Å²) in [5.41, 5.74) is 1.56. The zero-order valence-electron chi connectivity index (χ0n) is 21.2. The van der Waals surface area contributed by atoms with E-state index >= 15 is 0 Å². The van der Waals surface area contributed by atoms with Crippen molar-refractivity contribution in [1.29, 1.82) is 0 Å². The second kappa shape index (κ2) is 14.9. The number of carboxylic acids is 1. The summed E-state index contributed by atoms with van der Waals surface area (Å²) in [7, 11) is 1.60. The molecule has 2 amide bonds. The normalized spacial score (nSPS) is 11.7.